The van der Waals surface area contributed by atoms with Crippen molar-refractivity contribution in [1.29, 1.82) is 0 Å². The van der Waals surface area contributed by atoms with Crippen LogP contribution in [0.4, 0.5) is 4.79 Å². The van der Waals surface area contributed by atoms with Gasteiger partial charge in [-0.15, -0.1) is 0 Å². The van der Waals surface area contributed by atoms with E-state index in [9.17, 15) is 4.79 Å². The number of amides is 1. The second-order valence-corrected chi connectivity index (χ2v) is 7.80. The van der Waals surface area contributed by atoms with Gasteiger partial charge in [-0.2, -0.15) is 0 Å². The predicted octanol–water partition coefficient (Wildman–Crippen LogP) is 4.64. The van der Waals surface area contributed by atoms with Gasteiger partial charge >= 0.3 is 6.09 Å². The van der Waals surface area contributed by atoms with Crippen molar-refractivity contribution in [3.05, 3.63) is 35.4 Å². The molecule has 3 nitrogen and oxygen atoms in total. The Bertz CT molecular complexity index is 547. The maximum atomic E-state index is 12.5. The van der Waals surface area contributed by atoms with Gasteiger partial charge in [0.25, 0.3) is 0 Å². The van der Waals surface area contributed by atoms with Crippen LogP contribution in [0.2, 0.25) is 0 Å². The van der Waals surface area contributed by atoms with Gasteiger partial charge in [-0.3, -0.25) is 0 Å². The number of hydrogen-bond donors (Lipinski definition) is 0. The highest BCUT2D eigenvalue weighted by Gasteiger charge is 2.45. The van der Waals surface area contributed by atoms with Gasteiger partial charge in [-0.05, 0) is 70.4 Å². The molecule has 120 valence electrons. The third kappa shape index (κ3) is 2.99. The Morgan fingerprint density at radius 1 is 1.14 bits per heavy atom. The summed E-state index contributed by atoms with van der Waals surface area (Å²) in [5.74, 6) is 0.581. The van der Waals surface area contributed by atoms with Crippen LogP contribution >= 0.6 is 0 Å². The summed E-state index contributed by atoms with van der Waals surface area (Å²) in [5, 5.41) is 0. The summed E-state index contributed by atoms with van der Waals surface area (Å²) in [6.07, 6.45) is 4.25. The lowest BCUT2D eigenvalue weighted by Gasteiger charge is -2.40. The Labute approximate surface area is 133 Å². The van der Waals surface area contributed by atoms with Crippen LogP contribution in [0.3, 0.4) is 0 Å². The van der Waals surface area contributed by atoms with Crippen molar-refractivity contribution < 1.29 is 9.53 Å². The van der Waals surface area contributed by atoms with Crippen LogP contribution in [0.1, 0.15) is 63.5 Å². The van der Waals surface area contributed by atoms with Crippen LogP contribution in [0.15, 0.2) is 24.3 Å². The number of carbonyl (C=O) groups is 1. The lowest BCUT2D eigenvalue weighted by Crippen LogP contribution is -2.48. The van der Waals surface area contributed by atoms with Crippen molar-refractivity contribution >= 4 is 6.09 Å². The number of carbonyl (C=O) groups excluding carboxylic acids is 1. The van der Waals surface area contributed by atoms with E-state index in [0.717, 1.165) is 25.7 Å². The largest absolute Gasteiger partial charge is 0.444 e. The summed E-state index contributed by atoms with van der Waals surface area (Å²) in [6.45, 7) is 8.00. The van der Waals surface area contributed by atoms with Crippen molar-refractivity contribution in [2.24, 2.45) is 0 Å². The third-order valence-corrected chi connectivity index (χ3v) is 4.97. The SMILES string of the molecule is Cc1ccccc1C1CC2CCC(C1)N2C(=O)OC(C)(C)C. The molecule has 22 heavy (non-hydrogen) atoms. The standard InChI is InChI=1S/C19H27NO2/c1-13-7-5-6-8-17(13)14-11-15-9-10-16(12-14)20(15)18(21)22-19(2,3)4/h5-8,14-16H,9-12H2,1-4H3. The molecule has 1 aromatic rings. The fraction of sp³-hybridized carbons (Fsp3) is 0.632. The fourth-order valence-electron chi connectivity index (χ4n) is 4.09. The van der Waals surface area contributed by atoms with Crippen molar-refractivity contribution in [2.75, 3.05) is 0 Å². The van der Waals surface area contributed by atoms with E-state index in [0.29, 0.717) is 18.0 Å². The van der Waals surface area contributed by atoms with E-state index in [4.69, 9.17) is 4.74 Å². The summed E-state index contributed by atoms with van der Waals surface area (Å²) in [7, 11) is 0. The topological polar surface area (TPSA) is 29.5 Å². The monoisotopic (exact) mass is 301 g/mol. The van der Waals surface area contributed by atoms with Crippen LogP contribution < -0.4 is 0 Å². The maximum Gasteiger partial charge on any atom is 0.410 e. The van der Waals surface area contributed by atoms with Gasteiger partial charge in [0.2, 0.25) is 0 Å². The molecule has 2 fully saturated rings. The average Bonchev–Trinajstić information content (AvgIpc) is 2.68. The number of rotatable bonds is 1. The van der Waals surface area contributed by atoms with Crippen molar-refractivity contribution in [1.82, 2.24) is 4.90 Å². The minimum absolute atomic E-state index is 0.122. The van der Waals surface area contributed by atoms with Gasteiger partial charge in [0.15, 0.2) is 0 Å². The van der Waals surface area contributed by atoms with Crippen LogP contribution in [0.5, 0.6) is 0 Å². The summed E-state index contributed by atoms with van der Waals surface area (Å²) in [4.78, 5) is 14.5. The fourth-order valence-corrected chi connectivity index (χ4v) is 4.09. The highest BCUT2D eigenvalue weighted by molar-refractivity contribution is 5.69. The van der Waals surface area contributed by atoms with E-state index in [-0.39, 0.29) is 6.09 Å². The maximum absolute atomic E-state index is 12.5. The zero-order chi connectivity index (χ0) is 15.9. The normalized spacial score (nSPS) is 27.8. The smallest absolute Gasteiger partial charge is 0.410 e. The van der Waals surface area contributed by atoms with Gasteiger partial charge in [0.1, 0.15) is 5.60 Å². The number of hydrogen-bond acceptors (Lipinski definition) is 2. The number of aryl methyl sites for hydroxylation is 1. The summed E-state index contributed by atoms with van der Waals surface area (Å²) in [5.41, 5.74) is 2.42. The molecule has 0 N–H and O–H groups in total. The first-order chi connectivity index (χ1) is 10.3. The van der Waals surface area contributed by atoms with Crippen LogP contribution in [-0.4, -0.2) is 28.7 Å². The molecule has 2 heterocycles. The van der Waals surface area contributed by atoms with E-state index in [1.807, 2.05) is 25.7 Å². The molecule has 2 atom stereocenters. The molecular weight excluding hydrogens is 274 g/mol. The third-order valence-electron chi connectivity index (χ3n) is 4.97. The molecule has 1 aromatic carbocycles. The van der Waals surface area contributed by atoms with Gasteiger partial charge in [0, 0.05) is 12.1 Å². The number of fused-ring (bicyclic) bond motifs is 2. The Hall–Kier alpha value is -1.51. The lowest BCUT2D eigenvalue weighted by molar-refractivity contribution is 0.00583. The van der Waals surface area contributed by atoms with E-state index in [2.05, 4.69) is 31.2 Å². The molecule has 0 aromatic heterocycles. The van der Waals surface area contributed by atoms with Crippen LogP contribution in [-0.2, 0) is 4.74 Å². The number of ether oxygens (including phenoxy) is 1. The second kappa shape index (κ2) is 5.60. The Morgan fingerprint density at radius 2 is 1.73 bits per heavy atom. The number of nitrogens with zero attached hydrogens (tertiary/aromatic N) is 1. The molecule has 2 saturated heterocycles. The summed E-state index contributed by atoms with van der Waals surface area (Å²) >= 11 is 0. The van der Waals surface area contributed by atoms with Gasteiger partial charge in [0.05, 0.1) is 0 Å². The minimum Gasteiger partial charge on any atom is -0.444 e. The number of benzene rings is 1. The first-order valence-corrected chi connectivity index (χ1v) is 8.42. The van der Waals surface area contributed by atoms with E-state index >= 15 is 0 Å². The quantitative estimate of drug-likeness (QED) is 0.756. The summed E-state index contributed by atoms with van der Waals surface area (Å²) < 4.78 is 5.61. The molecule has 0 spiro atoms. The van der Waals surface area contributed by atoms with Gasteiger partial charge in [-0.1, -0.05) is 24.3 Å². The second-order valence-electron chi connectivity index (χ2n) is 7.80. The molecule has 1 amide bonds. The van der Waals surface area contributed by atoms with Crippen molar-refractivity contribution in [2.45, 2.75) is 77.0 Å². The summed E-state index contributed by atoms with van der Waals surface area (Å²) in [6, 6.07) is 9.37. The van der Waals surface area contributed by atoms with E-state index < -0.39 is 5.60 Å². The van der Waals surface area contributed by atoms with Crippen molar-refractivity contribution in [3.8, 4) is 0 Å². The van der Waals surface area contributed by atoms with E-state index in [1.54, 1.807) is 0 Å². The highest BCUT2D eigenvalue weighted by Crippen LogP contribution is 2.44. The molecule has 2 aliphatic rings. The highest BCUT2D eigenvalue weighted by atomic mass is 16.6. The predicted molar refractivity (Wildman–Crippen MR) is 88.0 cm³/mol. The molecule has 0 radical (unpaired) electrons. The van der Waals surface area contributed by atoms with E-state index in [1.165, 1.54) is 11.1 Å². The minimum atomic E-state index is -0.413. The van der Waals surface area contributed by atoms with Crippen molar-refractivity contribution in [3.63, 3.8) is 0 Å². The Morgan fingerprint density at radius 3 is 2.27 bits per heavy atom. The van der Waals surface area contributed by atoms with Gasteiger partial charge < -0.3 is 9.64 Å². The van der Waals surface area contributed by atoms with Crippen LogP contribution in [0.25, 0.3) is 0 Å². The zero-order valence-electron chi connectivity index (χ0n) is 14.1. The Balaban J connectivity index is 1.74. The zero-order valence-corrected chi connectivity index (χ0v) is 14.1. The first kappa shape index (κ1) is 15.4. The number of piperidine rings is 1. The molecule has 3 rings (SSSR count). The molecule has 3 heteroatoms. The molecule has 0 saturated carbocycles. The molecule has 2 bridgehead atoms. The lowest BCUT2D eigenvalue weighted by atomic mass is 9.83. The molecular formula is C19H27NO2. The first-order valence-electron chi connectivity index (χ1n) is 8.42. The van der Waals surface area contributed by atoms with Gasteiger partial charge in [-0.25, -0.2) is 4.79 Å². The molecule has 2 aliphatic heterocycles. The molecule has 2 unspecified atom stereocenters. The van der Waals surface area contributed by atoms with Crippen LogP contribution in [0, 0.1) is 6.92 Å². The molecule has 0 aliphatic carbocycles. The average molecular weight is 301 g/mol. The Kier molecular flexibility index (Phi) is 3.92.